The summed E-state index contributed by atoms with van der Waals surface area (Å²) in [5.74, 6) is 1.65. The molecule has 0 fully saturated rings. The maximum atomic E-state index is 11.8. The van der Waals surface area contributed by atoms with Crippen LogP contribution in [0.5, 0.6) is 5.75 Å². The van der Waals surface area contributed by atoms with Gasteiger partial charge in [0.1, 0.15) is 17.1 Å². The minimum Gasteiger partial charge on any atom is -0.493 e. The van der Waals surface area contributed by atoms with Crippen molar-refractivity contribution in [2.75, 3.05) is 13.2 Å². The zero-order chi connectivity index (χ0) is 15.9. The second kappa shape index (κ2) is 7.49. The highest BCUT2D eigenvalue weighted by atomic mass is 16.5. The smallest absolute Gasteiger partial charge is 0.223 e. The van der Waals surface area contributed by atoms with E-state index in [2.05, 4.69) is 5.32 Å². The summed E-state index contributed by atoms with van der Waals surface area (Å²) in [7, 11) is 0. The molecule has 1 heterocycles. The Balaban J connectivity index is 1.37. The van der Waals surface area contributed by atoms with Gasteiger partial charge in [-0.15, -0.1) is 0 Å². The summed E-state index contributed by atoms with van der Waals surface area (Å²) < 4.78 is 11.2. The minimum absolute atomic E-state index is 0.0166. The van der Waals surface area contributed by atoms with E-state index in [1.807, 2.05) is 60.7 Å². The summed E-state index contributed by atoms with van der Waals surface area (Å²) in [5, 5.41) is 3.97. The number of ether oxygens (including phenoxy) is 1. The second-order valence-corrected chi connectivity index (χ2v) is 5.26. The van der Waals surface area contributed by atoms with Crippen LogP contribution in [0.4, 0.5) is 0 Å². The van der Waals surface area contributed by atoms with Crippen LogP contribution in [-0.4, -0.2) is 19.1 Å². The number of furan rings is 1. The van der Waals surface area contributed by atoms with Crippen LogP contribution >= 0.6 is 0 Å². The zero-order valence-corrected chi connectivity index (χ0v) is 12.8. The molecule has 1 aromatic heterocycles. The average Bonchev–Trinajstić information content (AvgIpc) is 2.98. The van der Waals surface area contributed by atoms with Gasteiger partial charge >= 0.3 is 0 Å². The first kappa shape index (κ1) is 15.2. The van der Waals surface area contributed by atoms with E-state index in [1.54, 1.807) is 0 Å². The maximum absolute atomic E-state index is 11.8. The Bertz CT molecular complexity index is 731. The molecule has 3 aromatic rings. The highest BCUT2D eigenvalue weighted by Crippen LogP contribution is 2.18. The van der Waals surface area contributed by atoms with Gasteiger partial charge in [0.05, 0.1) is 13.0 Å². The molecule has 23 heavy (non-hydrogen) atoms. The molecule has 0 aliphatic heterocycles. The molecule has 0 saturated carbocycles. The Morgan fingerprint density at radius 3 is 2.65 bits per heavy atom. The van der Waals surface area contributed by atoms with Gasteiger partial charge in [-0.05, 0) is 24.3 Å². The lowest BCUT2D eigenvalue weighted by molar-refractivity contribution is -0.121. The summed E-state index contributed by atoms with van der Waals surface area (Å²) in [6.45, 7) is 0.935. The van der Waals surface area contributed by atoms with Crippen LogP contribution in [0.1, 0.15) is 12.2 Å². The number of benzene rings is 2. The SMILES string of the molecule is O=C(CCOc1ccccc1)NCCc1cc2ccccc2o1. The van der Waals surface area contributed by atoms with Gasteiger partial charge in [0.15, 0.2) is 0 Å². The van der Waals surface area contributed by atoms with Crippen molar-refractivity contribution >= 4 is 16.9 Å². The number of amides is 1. The Hall–Kier alpha value is -2.75. The van der Waals surface area contributed by atoms with Gasteiger partial charge < -0.3 is 14.5 Å². The lowest BCUT2D eigenvalue weighted by Gasteiger charge is -2.06. The highest BCUT2D eigenvalue weighted by Gasteiger charge is 2.05. The molecule has 0 aliphatic rings. The maximum Gasteiger partial charge on any atom is 0.223 e. The number of para-hydroxylation sites is 2. The molecule has 4 nitrogen and oxygen atoms in total. The Labute approximate surface area is 135 Å². The first-order valence-electron chi connectivity index (χ1n) is 7.73. The number of carbonyl (C=O) groups excluding carboxylic acids is 1. The zero-order valence-electron chi connectivity index (χ0n) is 12.8. The van der Waals surface area contributed by atoms with Gasteiger partial charge in [-0.25, -0.2) is 0 Å². The molecular weight excluding hydrogens is 290 g/mol. The number of hydrogen-bond donors (Lipinski definition) is 1. The van der Waals surface area contributed by atoms with E-state index in [0.717, 1.165) is 22.5 Å². The highest BCUT2D eigenvalue weighted by molar-refractivity contribution is 5.78. The van der Waals surface area contributed by atoms with Crippen LogP contribution in [0.25, 0.3) is 11.0 Å². The molecule has 0 spiro atoms. The molecule has 1 amide bonds. The Morgan fingerprint density at radius 2 is 1.83 bits per heavy atom. The number of fused-ring (bicyclic) bond motifs is 1. The van der Waals surface area contributed by atoms with Gasteiger partial charge in [0, 0.05) is 18.4 Å². The number of carbonyl (C=O) groups is 1. The predicted octanol–water partition coefficient (Wildman–Crippen LogP) is 3.56. The van der Waals surface area contributed by atoms with Crippen molar-refractivity contribution in [3.63, 3.8) is 0 Å². The van der Waals surface area contributed by atoms with E-state index in [4.69, 9.17) is 9.15 Å². The molecule has 1 N–H and O–H groups in total. The number of hydrogen-bond acceptors (Lipinski definition) is 3. The minimum atomic E-state index is -0.0166. The van der Waals surface area contributed by atoms with E-state index < -0.39 is 0 Å². The molecule has 0 atom stereocenters. The first-order valence-corrected chi connectivity index (χ1v) is 7.73. The van der Waals surface area contributed by atoms with E-state index in [-0.39, 0.29) is 5.91 Å². The molecule has 4 heteroatoms. The quantitative estimate of drug-likeness (QED) is 0.726. The van der Waals surface area contributed by atoms with Crippen LogP contribution in [-0.2, 0) is 11.2 Å². The molecule has 0 saturated heterocycles. The van der Waals surface area contributed by atoms with E-state index in [1.165, 1.54) is 0 Å². The third-order valence-electron chi connectivity index (χ3n) is 3.51. The third kappa shape index (κ3) is 4.36. The molecule has 0 aliphatic carbocycles. The van der Waals surface area contributed by atoms with Crippen molar-refractivity contribution in [3.05, 3.63) is 66.4 Å². The van der Waals surface area contributed by atoms with Gasteiger partial charge in [0.25, 0.3) is 0 Å². The lowest BCUT2D eigenvalue weighted by Crippen LogP contribution is -2.26. The predicted molar refractivity (Wildman–Crippen MR) is 89.5 cm³/mol. The van der Waals surface area contributed by atoms with Crippen molar-refractivity contribution in [3.8, 4) is 5.75 Å². The largest absolute Gasteiger partial charge is 0.493 e. The molecule has 3 rings (SSSR count). The molecular formula is C19H19NO3. The standard InChI is InChI=1S/C19H19NO3/c21-19(11-13-22-16-7-2-1-3-8-16)20-12-10-17-14-15-6-4-5-9-18(15)23-17/h1-9,14H,10-13H2,(H,20,21). The van der Waals surface area contributed by atoms with Crippen molar-refractivity contribution in [1.82, 2.24) is 5.32 Å². The van der Waals surface area contributed by atoms with Gasteiger partial charge in [-0.3, -0.25) is 4.79 Å². The molecule has 0 bridgehead atoms. The first-order chi connectivity index (χ1) is 11.3. The fourth-order valence-corrected chi connectivity index (χ4v) is 2.35. The molecule has 0 unspecified atom stereocenters. The van der Waals surface area contributed by atoms with Crippen LogP contribution in [0.2, 0.25) is 0 Å². The summed E-state index contributed by atoms with van der Waals surface area (Å²) in [4.78, 5) is 11.8. The van der Waals surface area contributed by atoms with Gasteiger partial charge in [-0.1, -0.05) is 36.4 Å². The van der Waals surface area contributed by atoms with Crippen molar-refractivity contribution in [1.29, 1.82) is 0 Å². The molecule has 2 aromatic carbocycles. The van der Waals surface area contributed by atoms with Crippen molar-refractivity contribution < 1.29 is 13.9 Å². The van der Waals surface area contributed by atoms with Crippen LogP contribution in [0.15, 0.2) is 65.1 Å². The lowest BCUT2D eigenvalue weighted by atomic mass is 10.2. The number of rotatable bonds is 7. The second-order valence-electron chi connectivity index (χ2n) is 5.26. The Kier molecular flexibility index (Phi) is 4.94. The fourth-order valence-electron chi connectivity index (χ4n) is 2.35. The van der Waals surface area contributed by atoms with Gasteiger partial charge in [0.2, 0.25) is 5.91 Å². The Morgan fingerprint density at radius 1 is 1.04 bits per heavy atom. The number of nitrogens with one attached hydrogen (secondary N) is 1. The van der Waals surface area contributed by atoms with Crippen LogP contribution < -0.4 is 10.1 Å². The summed E-state index contributed by atoms with van der Waals surface area (Å²) in [6.07, 6.45) is 1.02. The topological polar surface area (TPSA) is 51.5 Å². The van der Waals surface area contributed by atoms with E-state index in [0.29, 0.717) is 26.0 Å². The normalized spacial score (nSPS) is 10.6. The van der Waals surface area contributed by atoms with Crippen LogP contribution in [0.3, 0.4) is 0 Å². The van der Waals surface area contributed by atoms with Gasteiger partial charge in [-0.2, -0.15) is 0 Å². The van der Waals surface area contributed by atoms with E-state index >= 15 is 0 Å². The summed E-state index contributed by atoms with van der Waals surface area (Å²) in [5.41, 5.74) is 0.880. The van der Waals surface area contributed by atoms with Crippen LogP contribution in [0, 0.1) is 0 Å². The monoisotopic (exact) mass is 309 g/mol. The van der Waals surface area contributed by atoms with Crippen molar-refractivity contribution in [2.24, 2.45) is 0 Å². The molecule has 118 valence electrons. The third-order valence-corrected chi connectivity index (χ3v) is 3.51. The fraction of sp³-hybridized carbons (Fsp3) is 0.211. The summed E-state index contributed by atoms with van der Waals surface area (Å²) in [6, 6.07) is 19.4. The summed E-state index contributed by atoms with van der Waals surface area (Å²) >= 11 is 0. The van der Waals surface area contributed by atoms with E-state index in [9.17, 15) is 4.79 Å². The average molecular weight is 309 g/mol. The molecule has 0 radical (unpaired) electrons. The van der Waals surface area contributed by atoms with Crippen molar-refractivity contribution in [2.45, 2.75) is 12.8 Å².